The SMILES string of the molecule is CC1(COc2cc(F)c3c(c2)[C@@]2(CCOC(N)=N2)c2cc(-c4cccnc4)ccc2O3)COC1. The normalized spacial score (nSPS) is 21.9. The van der Waals surface area contributed by atoms with Crippen LogP contribution in [0.5, 0.6) is 17.2 Å². The van der Waals surface area contributed by atoms with Gasteiger partial charge in [0.2, 0.25) is 0 Å². The van der Waals surface area contributed by atoms with Crippen LogP contribution in [0.25, 0.3) is 11.1 Å². The number of aromatic nitrogens is 1. The first kappa shape index (κ1) is 20.9. The number of nitrogens with zero attached hydrogens (tertiary/aromatic N) is 2. The van der Waals surface area contributed by atoms with Crippen molar-refractivity contribution in [2.75, 3.05) is 26.4 Å². The highest BCUT2D eigenvalue weighted by Gasteiger charge is 2.46. The third-order valence-corrected chi connectivity index (χ3v) is 6.60. The quantitative estimate of drug-likeness (QED) is 0.620. The van der Waals surface area contributed by atoms with Crippen LogP contribution in [0, 0.1) is 11.2 Å². The van der Waals surface area contributed by atoms with E-state index in [9.17, 15) is 0 Å². The predicted molar refractivity (Wildman–Crippen MR) is 124 cm³/mol. The standard InChI is InChI=1S/C26H24FN3O4/c1-25(13-31-14-25)15-33-18-10-20-23(21(27)11-18)34-22-5-4-16(17-3-2-7-29-12-17)9-19(22)26(20)6-8-32-24(28)30-26/h2-5,7,9-12H,6,8,13-15H2,1H3,(H2,28,30)/t26-/m1/s1. The lowest BCUT2D eigenvalue weighted by Crippen LogP contribution is -2.44. The molecule has 6 rings (SSSR count). The zero-order valence-corrected chi connectivity index (χ0v) is 18.7. The fraction of sp³-hybridized carbons (Fsp3) is 0.308. The van der Waals surface area contributed by atoms with E-state index in [0.717, 1.165) is 16.7 Å². The smallest absolute Gasteiger partial charge is 0.283 e. The van der Waals surface area contributed by atoms with Crippen LogP contribution in [0.15, 0.2) is 59.9 Å². The maximum Gasteiger partial charge on any atom is 0.283 e. The lowest BCUT2D eigenvalue weighted by atomic mass is 9.77. The average Bonchev–Trinajstić information content (AvgIpc) is 2.83. The Hall–Kier alpha value is -3.65. The number of benzene rings is 2. The highest BCUT2D eigenvalue weighted by Crippen LogP contribution is 2.54. The molecule has 0 saturated carbocycles. The van der Waals surface area contributed by atoms with Gasteiger partial charge in [-0.2, -0.15) is 0 Å². The largest absolute Gasteiger partial charge is 0.493 e. The summed E-state index contributed by atoms with van der Waals surface area (Å²) in [4.78, 5) is 8.97. The van der Waals surface area contributed by atoms with Crippen molar-refractivity contribution in [2.24, 2.45) is 16.1 Å². The number of nitrogens with two attached hydrogens (primary N) is 1. The number of hydrogen-bond acceptors (Lipinski definition) is 7. The van der Waals surface area contributed by atoms with Crippen molar-refractivity contribution in [1.29, 1.82) is 0 Å². The van der Waals surface area contributed by atoms with Crippen LogP contribution in [-0.2, 0) is 15.0 Å². The van der Waals surface area contributed by atoms with Gasteiger partial charge >= 0.3 is 0 Å². The number of pyridine rings is 1. The molecule has 3 aliphatic heterocycles. The van der Waals surface area contributed by atoms with Crippen molar-refractivity contribution in [3.63, 3.8) is 0 Å². The molecular formula is C26H24FN3O4. The second-order valence-electron chi connectivity index (χ2n) is 9.34. The first-order valence-corrected chi connectivity index (χ1v) is 11.2. The average molecular weight is 461 g/mol. The van der Waals surface area contributed by atoms with Gasteiger partial charge in [0.25, 0.3) is 6.02 Å². The van der Waals surface area contributed by atoms with E-state index >= 15 is 4.39 Å². The molecule has 1 aromatic heterocycles. The molecule has 7 nitrogen and oxygen atoms in total. The minimum Gasteiger partial charge on any atom is -0.493 e. The zero-order chi connectivity index (χ0) is 23.3. The molecular weight excluding hydrogens is 437 g/mol. The predicted octanol–water partition coefficient (Wildman–Crippen LogP) is 4.39. The minimum absolute atomic E-state index is 0.0580. The Balaban J connectivity index is 1.49. The van der Waals surface area contributed by atoms with Gasteiger partial charge in [-0.05, 0) is 29.8 Å². The Morgan fingerprint density at radius 2 is 2.00 bits per heavy atom. The summed E-state index contributed by atoms with van der Waals surface area (Å²) in [5.74, 6) is 0.569. The number of rotatable bonds is 4. The number of fused-ring (bicyclic) bond motifs is 4. The summed E-state index contributed by atoms with van der Waals surface area (Å²) in [5.41, 5.74) is 8.28. The number of ether oxygens (including phenoxy) is 4. The molecule has 4 heterocycles. The topological polar surface area (TPSA) is 88.2 Å². The van der Waals surface area contributed by atoms with E-state index in [-0.39, 0.29) is 17.2 Å². The van der Waals surface area contributed by atoms with Gasteiger partial charge < -0.3 is 24.7 Å². The van der Waals surface area contributed by atoms with Crippen LogP contribution >= 0.6 is 0 Å². The summed E-state index contributed by atoms with van der Waals surface area (Å²) < 4.78 is 38.2. The Bertz CT molecular complexity index is 1290. The molecule has 0 amide bonds. The Labute approximate surface area is 196 Å². The Kier molecular flexibility index (Phi) is 4.74. The highest BCUT2D eigenvalue weighted by atomic mass is 19.1. The maximum absolute atomic E-state index is 15.4. The molecule has 0 radical (unpaired) electrons. The van der Waals surface area contributed by atoms with Crippen molar-refractivity contribution in [3.05, 3.63) is 71.8 Å². The summed E-state index contributed by atoms with van der Waals surface area (Å²) in [7, 11) is 0. The summed E-state index contributed by atoms with van der Waals surface area (Å²) >= 11 is 0. The molecule has 3 aromatic rings. The van der Waals surface area contributed by atoms with E-state index in [1.54, 1.807) is 12.4 Å². The van der Waals surface area contributed by atoms with Gasteiger partial charge in [-0.25, -0.2) is 9.38 Å². The third-order valence-electron chi connectivity index (χ3n) is 6.60. The van der Waals surface area contributed by atoms with Crippen LogP contribution in [0.4, 0.5) is 4.39 Å². The highest BCUT2D eigenvalue weighted by molar-refractivity contribution is 5.76. The van der Waals surface area contributed by atoms with Gasteiger partial charge in [-0.1, -0.05) is 19.1 Å². The molecule has 1 fully saturated rings. The van der Waals surface area contributed by atoms with Gasteiger partial charge in [-0.15, -0.1) is 0 Å². The molecule has 2 aromatic carbocycles. The van der Waals surface area contributed by atoms with E-state index in [0.29, 0.717) is 49.9 Å². The van der Waals surface area contributed by atoms with Crippen LogP contribution in [0.2, 0.25) is 0 Å². The minimum atomic E-state index is -0.965. The van der Waals surface area contributed by atoms with E-state index in [2.05, 4.69) is 11.9 Å². The van der Waals surface area contributed by atoms with Gasteiger partial charge in [0.15, 0.2) is 11.6 Å². The van der Waals surface area contributed by atoms with E-state index < -0.39 is 11.4 Å². The second kappa shape index (κ2) is 7.70. The van der Waals surface area contributed by atoms with Crippen LogP contribution in [-0.4, -0.2) is 37.4 Å². The summed E-state index contributed by atoms with van der Waals surface area (Å²) in [5, 5.41) is 0. The van der Waals surface area contributed by atoms with Gasteiger partial charge in [0.05, 0.1) is 26.4 Å². The molecule has 0 aliphatic carbocycles. The molecule has 2 N–H and O–H groups in total. The summed E-state index contributed by atoms with van der Waals surface area (Å²) in [6, 6.07) is 12.9. The van der Waals surface area contributed by atoms with Gasteiger partial charge in [0, 0.05) is 47.0 Å². The number of aliphatic imine (C=N–C) groups is 1. The first-order valence-electron chi connectivity index (χ1n) is 11.2. The van der Waals surface area contributed by atoms with Crippen molar-refractivity contribution in [2.45, 2.75) is 18.9 Å². The van der Waals surface area contributed by atoms with Crippen LogP contribution in [0.1, 0.15) is 24.5 Å². The number of hydrogen-bond donors (Lipinski definition) is 1. The van der Waals surface area contributed by atoms with E-state index in [1.807, 2.05) is 36.4 Å². The monoisotopic (exact) mass is 461 g/mol. The molecule has 0 unspecified atom stereocenters. The number of halogens is 1. The van der Waals surface area contributed by atoms with Crippen molar-refractivity contribution < 1.29 is 23.3 Å². The molecule has 8 heteroatoms. The molecule has 1 spiro atoms. The van der Waals surface area contributed by atoms with E-state index in [4.69, 9.17) is 29.7 Å². The molecule has 0 bridgehead atoms. The maximum atomic E-state index is 15.4. The van der Waals surface area contributed by atoms with Gasteiger partial charge in [0.1, 0.15) is 17.0 Å². The lowest BCUT2D eigenvalue weighted by molar-refractivity contribution is -0.120. The van der Waals surface area contributed by atoms with Crippen molar-refractivity contribution in [3.8, 4) is 28.4 Å². The zero-order valence-electron chi connectivity index (χ0n) is 18.7. The second-order valence-corrected chi connectivity index (χ2v) is 9.34. The first-order chi connectivity index (χ1) is 16.5. The van der Waals surface area contributed by atoms with Crippen molar-refractivity contribution >= 4 is 6.02 Å². The molecule has 174 valence electrons. The van der Waals surface area contributed by atoms with Crippen LogP contribution in [0.3, 0.4) is 0 Å². The fourth-order valence-electron chi connectivity index (χ4n) is 4.73. The summed E-state index contributed by atoms with van der Waals surface area (Å²) in [6.07, 6.45) is 4.00. The molecule has 1 saturated heterocycles. The van der Waals surface area contributed by atoms with Crippen LogP contribution < -0.4 is 15.2 Å². The Morgan fingerprint density at radius 1 is 1.12 bits per heavy atom. The molecule has 3 aliphatic rings. The molecule has 34 heavy (non-hydrogen) atoms. The lowest BCUT2D eigenvalue weighted by Gasteiger charge is -2.40. The van der Waals surface area contributed by atoms with Crippen molar-refractivity contribution in [1.82, 2.24) is 4.98 Å². The summed E-state index contributed by atoms with van der Waals surface area (Å²) in [6.45, 7) is 4.09. The number of amidine groups is 1. The molecule has 1 atom stereocenters. The fourth-order valence-corrected chi connectivity index (χ4v) is 4.73. The van der Waals surface area contributed by atoms with E-state index in [1.165, 1.54) is 6.07 Å². The van der Waals surface area contributed by atoms with Gasteiger partial charge in [-0.3, -0.25) is 4.98 Å². The third kappa shape index (κ3) is 3.37. The Morgan fingerprint density at radius 3 is 2.74 bits per heavy atom.